The Kier molecular flexibility index (Phi) is 19.9. The van der Waals surface area contributed by atoms with Gasteiger partial charge in [0.25, 0.3) is 0 Å². The quantitative estimate of drug-likeness (QED) is 0.165. The van der Waals surface area contributed by atoms with Crippen LogP contribution >= 0.6 is 0 Å². The lowest BCUT2D eigenvalue weighted by Crippen LogP contribution is -2.36. The second-order valence-electron chi connectivity index (χ2n) is 11.7. The highest BCUT2D eigenvalue weighted by Crippen LogP contribution is 2.20. The molecule has 0 N–H and O–H groups in total. The second kappa shape index (κ2) is 20.6. The summed E-state index contributed by atoms with van der Waals surface area (Å²) in [6.07, 6.45) is 1.97. The van der Waals surface area contributed by atoms with Crippen molar-refractivity contribution in [1.29, 1.82) is 0 Å². The molecular weight excluding hydrogens is 496 g/mol. The summed E-state index contributed by atoms with van der Waals surface area (Å²) in [4.78, 5) is 33.7. The van der Waals surface area contributed by atoms with Gasteiger partial charge in [-0.15, -0.1) is 0 Å². The van der Waals surface area contributed by atoms with Gasteiger partial charge in [0.15, 0.2) is 0 Å². The second-order valence-corrected chi connectivity index (χ2v) is 11.7. The normalized spacial score (nSPS) is 12.7. The van der Waals surface area contributed by atoms with E-state index in [0.29, 0.717) is 52.0 Å². The Morgan fingerprint density at radius 1 is 0.590 bits per heavy atom. The molecule has 0 rings (SSSR count). The molecule has 9 nitrogen and oxygen atoms in total. The fourth-order valence-corrected chi connectivity index (χ4v) is 4.03. The third kappa shape index (κ3) is 20.3. The first-order chi connectivity index (χ1) is 18.3. The highest BCUT2D eigenvalue weighted by molar-refractivity contribution is 5.70. The van der Waals surface area contributed by atoms with Crippen LogP contribution in [0.2, 0.25) is 0 Å². The molecule has 0 radical (unpaired) electrons. The summed E-state index contributed by atoms with van der Waals surface area (Å²) >= 11 is 0. The molecule has 9 heteroatoms. The van der Waals surface area contributed by atoms with Crippen LogP contribution in [0.25, 0.3) is 0 Å². The lowest BCUT2D eigenvalue weighted by Gasteiger charge is -2.30. The van der Waals surface area contributed by atoms with E-state index in [9.17, 15) is 9.59 Å². The molecule has 0 amide bonds. The van der Waals surface area contributed by atoms with E-state index in [1.165, 1.54) is 0 Å². The Labute approximate surface area is 240 Å². The van der Waals surface area contributed by atoms with Crippen molar-refractivity contribution in [3.63, 3.8) is 0 Å². The summed E-state index contributed by atoms with van der Waals surface area (Å²) in [5, 5.41) is 0. The number of rotatable bonds is 24. The summed E-state index contributed by atoms with van der Waals surface area (Å²) in [5.74, 6) is -0.355. The first-order valence-corrected chi connectivity index (χ1v) is 15.1. The SMILES string of the molecule is CCN(CC)CCN(C)CCC(=O)OCCC(C)(C)OCCC(C)(C)OC(=O)CCN(C)CCN(CC)CC. The molecule has 0 aromatic carbocycles. The van der Waals surface area contributed by atoms with E-state index in [4.69, 9.17) is 14.2 Å². The number of esters is 2. The highest BCUT2D eigenvalue weighted by atomic mass is 16.6. The molecule has 0 aliphatic carbocycles. The highest BCUT2D eigenvalue weighted by Gasteiger charge is 2.26. The van der Waals surface area contributed by atoms with Crippen LogP contribution in [-0.2, 0) is 23.8 Å². The molecule has 0 unspecified atom stereocenters. The average molecular weight is 559 g/mol. The smallest absolute Gasteiger partial charge is 0.307 e. The van der Waals surface area contributed by atoms with Crippen LogP contribution in [0.15, 0.2) is 0 Å². The average Bonchev–Trinajstić information content (AvgIpc) is 2.86. The number of hydrogen-bond acceptors (Lipinski definition) is 9. The minimum atomic E-state index is -0.600. The van der Waals surface area contributed by atoms with Gasteiger partial charge in [0.2, 0.25) is 0 Å². The van der Waals surface area contributed by atoms with E-state index >= 15 is 0 Å². The van der Waals surface area contributed by atoms with Gasteiger partial charge >= 0.3 is 11.9 Å². The largest absolute Gasteiger partial charge is 0.466 e. The zero-order chi connectivity index (χ0) is 29.9. The predicted molar refractivity (Wildman–Crippen MR) is 160 cm³/mol. The monoisotopic (exact) mass is 558 g/mol. The van der Waals surface area contributed by atoms with Crippen molar-refractivity contribution in [2.45, 2.75) is 92.3 Å². The Hall–Kier alpha value is -1.26. The Morgan fingerprint density at radius 2 is 1.03 bits per heavy atom. The fourth-order valence-electron chi connectivity index (χ4n) is 4.03. The van der Waals surface area contributed by atoms with E-state index in [1.54, 1.807) is 0 Å². The molecule has 0 saturated heterocycles. The molecule has 0 heterocycles. The molecule has 0 bridgehead atoms. The van der Waals surface area contributed by atoms with Gasteiger partial charge in [-0.2, -0.15) is 0 Å². The van der Waals surface area contributed by atoms with E-state index in [0.717, 1.165) is 52.4 Å². The van der Waals surface area contributed by atoms with Crippen LogP contribution in [0.1, 0.15) is 81.1 Å². The summed E-state index contributed by atoms with van der Waals surface area (Å²) in [5.41, 5.74) is -1.04. The maximum atomic E-state index is 12.4. The van der Waals surface area contributed by atoms with Crippen molar-refractivity contribution >= 4 is 11.9 Å². The van der Waals surface area contributed by atoms with Crippen molar-refractivity contribution in [3.8, 4) is 0 Å². The summed E-state index contributed by atoms with van der Waals surface area (Å²) in [7, 11) is 4.08. The molecule has 0 saturated carbocycles. The summed E-state index contributed by atoms with van der Waals surface area (Å²) in [6, 6.07) is 0. The third-order valence-electron chi connectivity index (χ3n) is 7.33. The van der Waals surface area contributed by atoms with Gasteiger partial charge in [0, 0.05) is 52.1 Å². The molecule has 0 aliphatic heterocycles. The van der Waals surface area contributed by atoms with Crippen molar-refractivity contribution in [3.05, 3.63) is 0 Å². The minimum absolute atomic E-state index is 0.174. The number of carbonyl (C=O) groups excluding carboxylic acids is 2. The maximum Gasteiger partial charge on any atom is 0.307 e. The topological polar surface area (TPSA) is 74.8 Å². The fraction of sp³-hybridized carbons (Fsp3) is 0.933. The van der Waals surface area contributed by atoms with Crippen molar-refractivity contribution in [2.75, 3.05) is 92.8 Å². The number of hydrogen-bond donors (Lipinski definition) is 0. The zero-order valence-corrected chi connectivity index (χ0v) is 27.1. The molecule has 0 aromatic heterocycles. The van der Waals surface area contributed by atoms with Crippen LogP contribution in [0.4, 0.5) is 0 Å². The lowest BCUT2D eigenvalue weighted by atomic mass is 10.0. The zero-order valence-electron chi connectivity index (χ0n) is 27.1. The molecule has 0 atom stereocenters. The molecule has 0 aromatic rings. The van der Waals surface area contributed by atoms with Crippen molar-refractivity contribution in [1.82, 2.24) is 19.6 Å². The molecule has 39 heavy (non-hydrogen) atoms. The van der Waals surface area contributed by atoms with Crippen LogP contribution in [0, 0.1) is 0 Å². The first-order valence-electron chi connectivity index (χ1n) is 15.1. The number of likely N-dealkylation sites (N-methyl/N-ethyl adjacent to an activating group) is 4. The Bertz CT molecular complexity index is 651. The van der Waals surface area contributed by atoms with Gasteiger partial charge in [0.05, 0.1) is 31.7 Å². The number of carbonyl (C=O) groups is 2. The molecule has 0 spiro atoms. The first kappa shape index (κ1) is 37.7. The van der Waals surface area contributed by atoms with Crippen LogP contribution < -0.4 is 0 Å². The van der Waals surface area contributed by atoms with E-state index in [2.05, 4.69) is 47.3 Å². The number of ether oxygens (including phenoxy) is 3. The molecule has 232 valence electrons. The van der Waals surface area contributed by atoms with Gasteiger partial charge < -0.3 is 33.8 Å². The van der Waals surface area contributed by atoms with Gasteiger partial charge in [-0.3, -0.25) is 9.59 Å². The van der Waals surface area contributed by atoms with E-state index < -0.39 is 11.2 Å². The van der Waals surface area contributed by atoms with Gasteiger partial charge in [-0.1, -0.05) is 27.7 Å². The van der Waals surface area contributed by atoms with Gasteiger partial charge in [-0.05, 0) is 68.0 Å². The van der Waals surface area contributed by atoms with Crippen LogP contribution in [0.3, 0.4) is 0 Å². The van der Waals surface area contributed by atoms with Gasteiger partial charge in [-0.25, -0.2) is 0 Å². The minimum Gasteiger partial charge on any atom is -0.466 e. The van der Waals surface area contributed by atoms with Crippen LogP contribution in [-0.4, -0.2) is 135 Å². The number of nitrogens with zero attached hydrogens (tertiary/aromatic N) is 4. The van der Waals surface area contributed by atoms with Crippen molar-refractivity contribution < 1.29 is 23.8 Å². The lowest BCUT2D eigenvalue weighted by molar-refractivity contribution is -0.159. The molecule has 0 fully saturated rings. The van der Waals surface area contributed by atoms with E-state index in [-0.39, 0.29) is 11.9 Å². The van der Waals surface area contributed by atoms with E-state index in [1.807, 2.05) is 41.8 Å². The third-order valence-corrected chi connectivity index (χ3v) is 7.33. The maximum absolute atomic E-state index is 12.4. The van der Waals surface area contributed by atoms with Crippen LogP contribution in [0.5, 0.6) is 0 Å². The molecule has 0 aliphatic rings. The van der Waals surface area contributed by atoms with Crippen molar-refractivity contribution in [2.24, 2.45) is 0 Å². The Morgan fingerprint density at radius 3 is 1.49 bits per heavy atom. The molecular formula is C30H62N4O5. The van der Waals surface area contributed by atoms with Gasteiger partial charge in [0.1, 0.15) is 5.60 Å². The Balaban J connectivity index is 4.15. The summed E-state index contributed by atoms with van der Waals surface area (Å²) < 4.78 is 17.3. The summed E-state index contributed by atoms with van der Waals surface area (Å²) in [6.45, 7) is 26.7. The predicted octanol–water partition coefficient (Wildman–Crippen LogP) is 3.75. The standard InChI is InChI=1S/C30H62N4O5/c1-11-33(12-2)23-21-31(9)19-15-27(35)37-25-17-29(5,6)38-26-18-30(7,8)39-28(36)16-20-32(10)22-24-34(13-3)14-4/h11-26H2,1-10H3.